The van der Waals surface area contributed by atoms with Crippen molar-refractivity contribution in [3.63, 3.8) is 0 Å². The molecule has 4 heterocycles. The molecule has 6 heteroatoms. The molecule has 7 rings (SSSR count). The van der Waals surface area contributed by atoms with Crippen molar-refractivity contribution in [2.24, 2.45) is 9.98 Å². The second-order valence-electron chi connectivity index (χ2n) is 13.9. The monoisotopic (exact) mass is 614 g/mol. The molecule has 222 valence electrons. The normalized spacial score (nSPS) is 19.7. The molecule has 0 aliphatic carbocycles. The van der Waals surface area contributed by atoms with E-state index in [1.165, 1.54) is 32.7 Å². The molecular weight excluding hydrogens is 577 g/mol. The highest BCUT2D eigenvalue weighted by atomic mass is 32.2. The molecular formula is C38H38N4S2. The molecule has 2 aromatic heterocycles. The third-order valence-corrected chi connectivity index (χ3v) is 12.9. The van der Waals surface area contributed by atoms with Crippen LogP contribution in [0.3, 0.4) is 0 Å². The van der Waals surface area contributed by atoms with Gasteiger partial charge in [0.25, 0.3) is 0 Å². The van der Waals surface area contributed by atoms with Crippen molar-refractivity contribution in [3.05, 3.63) is 96.6 Å². The smallest absolute Gasteiger partial charge is 0.117 e. The van der Waals surface area contributed by atoms with Crippen molar-refractivity contribution in [3.8, 4) is 22.3 Å². The van der Waals surface area contributed by atoms with Crippen molar-refractivity contribution >= 4 is 55.2 Å². The highest BCUT2D eigenvalue weighted by Gasteiger charge is 2.45. The number of nitrogens with zero attached hydrogens (tertiary/aromatic N) is 4. The van der Waals surface area contributed by atoms with Crippen LogP contribution in [-0.2, 0) is 0 Å². The molecule has 0 unspecified atom stereocenters. The van der Waals surface area contributed by atoms with Crippen LogP contribution in [0.5, 0.6) is 0 Å². The lowest BCUT2D eigenvalue weighted by molar-refractivity contribution is 0.426. The predicted molar refractivity (Wildman–Crippen MR) is 192 cm³/mol. The van der Waals surface area contributed by atoms with Gasteiger partial charge in [0, 0.05) is 33.0 Å². The molecule has 3 aromatic carbocycles. The minimum Gasteiger partial charge on any atom is -0.269 e. The van der Waals surface area contributed by atoms with E-state index >= 15 is 0 Å². The first-order chi connectivity index (χ1) is 20.8. The molecule has 44 heavy (non-hydrogen) atoms. The number of hydrogen-bond acceptors (Lipinski definition) is 6. The summed E-state index contributed by atoms with van der Waals surface area (Å²) < 4.78 is 0.0447. The average Bonchev–Trinajstić information content (AvgIpc) is 3.35. The largest absolute Gasteiger partial charge is 0.269 e. The number of pyridine rings is 2. The van der Waals surface area contributed by atoms with Crippen LogP contribution < -0.4 is 0 Å². The summed E-state index contributed by atoms with van der Waals surface area (Å²) in [5.41, 5.74) is 6.20. The van der Waals surface area contributed by atoms with Gasteiger partial charge in [0.15, 0.2) is 0 Å². The van der Waals surface area contributed by atoms with E-state index in [4.69, 9.17) is 20.0 Å². The summed E-state index contributed by atoms with van der Waals surface area (Å²) in [6.07, 6.45) is 4.04. The fourth-order valence-corrected chi connectivity index (χ4v) is 8.42. The van der Waals surface area contributed by atoms with Crippen molar-refractivity contribution in [2.45, 2.75) is 76.0 Å². The van der Waals surface area contributed by atoms with Crippen LogP contribution in [0.25, 0.3) is 43.8 Å². The highest BCUT2D eigenvalue weighted by molar-refractivity contribution is 8.16. The Labute approximate surface area is 268 Å². The highest BCUT2D eigenvalue weighted by Crippen LogP contribution is 2.48. The first-order valence-corrected chi connectivity index (χ1v) is 16.9. The summed E-state index contributed by atoms with van der Waals surface area (Å²) in [7, 11) is 0. The van der Waals surface area contributed by atoms with Gasteiger partial charge < -0.3 is 0 Å². The zero-order chi connectivity index (χ0) is 31.1. The Balaban J connectivity index is 1.34. The molecule has 0 saturated carbocycles. The molecule has 0 amide bonds. The van der Waals surface area contributed by atoms with Crippen LogP contribution in [0.15, 0.2) is 95.2 Å². The van der Waals surface area contributed by atoms with Crippen molar-refractivity contribution in [1.29, 1.82) is 0 Å². The third-order valence-electron chi connectivity index (χ3n) is 9.89. The van der Waals surface area contributed by atoms with E-state index in [1.807, 2.05) is 35.9 Å². The van der Waals surface area contributed by atoms with Crippen LogP contribution in [-0.4, -0.2) is 40.6 Å². The Kier molecular flexibility index (Phi) is 6.66. The number of aliphatic imine (C=N–C) groups is 2. The van der Waals surface area contributed by atoms with Crippen molar-refractivity contribution in [1.82, 2.24) is 9.97 Å². The second kappa shape index (κ2) is 10.0. The topological polar surface area (TPSA) is 50.5 Å². The Morgan fingerprint density at radius 2 is 0.795 bits per heavy atom. The molecule has 2 aliphatic heterocycles. The van der Waals surface area contributed by atoms with Crippen LogP contribution in [0, 0.1) is 0 Å². The lowest BCUT2D eigenvalue weighted by Crippen LogP contribution is -2.36. The number of thioether (sulfide) groups is 2. The van der Waals surface area contributed by atoms with E-state index in [9.17, 15) is 0 Å². The van der Waals surface area contributed by atoms with Crippen LogP contribution >= 0.6 is 23.5 Å². The lowest BCUT2D eigenvalue weighted by atomic mass is 9.86. The Bertz CT molecular complexity index is 1800. The van der Waals surface area contributed by atoms with Crippen LogP contribution in [0.1, 0.15) is 66.8 Å². The summed E-state index contributed by atoms with van der Waals surface area (Å²) in [5.74, 6) is 0. The van der Waals surface area contributed by atoms with Crippen LogP contribution in [0.2, 0.25) is 0 Å². The number of benzene rings is 3. The van der Waals surface area contributed by atoms with Gasteiger partial charge in [-0.3, -0.25) is 20.0 Å². The Morgan fingerprint density at radius 1 is 0.455 bits per heavy atom. The summed E-state index contributed by atoms with van der Waals surface area (Å²) >= 11 is 3.63. The summed E-state index contributed by atoms with van der Waals surface area (Å²) in [6, 6.07) is 26.1. The number of hydrogen-bond donors (Lipinski definition) is 0. The molecule has 0 atom stereocenters. The standard InChI is InChI=1S/C38H38N4S2/c1-35(2)37(5,6)43-33(41-35)29-19-17-23(21-39-29)31-25-13-9-11-15-27(25)32(28-16-12-10-14-26(28)31)24-18-20-30(40-22-24)34-42-36(3,4)38(7,8)44-34/h9-22H,1-8H3. The number of rotatable bonds is 4. The molecule has 5 aromatic rings. The molecule has 4 nitrogen and oxygen atoms in total. The number of fused-ring (bicyclic) bond motifs is 2. The minimum absolute atomic E-state index is 0.0224. The van der Waals surface area contributed by atoms with Gasteiger partial charge in [0.05, 0.1) is 22.5 Å². The van der Waals surface area contributed by atoms with E-state index < -0.39 is 0 Å². The quantitative estimate of drug-likeness (QED) is 0.189. The lowest BCUT2D eigenvalue weighted by Gasteiger charge is -2.30. The molecule has 0 fully saturated rings. The molecule has 0 radical (unpaired) electrons. The molecule has 0 N–H and O–H groups in total. The van der Waals surface area contributed by atoms with Gasteiger partial charge in [-0.05, 0) is 100 Å². The van der Waals surface area contributed by atoms with Crippen molar-refractivity contribution < 1.29 is 0 Å². The van der Waals surface area contributed by atoms with Gasteiger partial charge in [-0.2, -0.15) is 0 Å². The second-order valence-corrected chi connectivity index (χ2v) is 17.1. The Morgan fingerprint density at radius 3 is 1.05 bits per heavy atom. The summed E-state index contributed by atoms with van der Waals surface area (Å²) in [6.45, 7) is 17.8. The maximum Gasteiger partial charge on any atom is 0.117 e. The van der Waals surface area contributed by atoms with E-state index in [-0.39, 0.29) is 20.6 Å². The van der Waals surface area contributed by atoms with Gasteiger partial charge in [0.1, 0.15) is 10.1 Å². The molecule has 0 bridgehead atoms. The van der Waals surface area contributed by atoms with E-state index in [0.717, 1.165) is 32.6 Å². The fraction of sp³-hybridized carbons (Fsp3) is 0.316. The van der Waals surface area contributed by atoms with Gasteiger partial charge in [-0.1, -0.05) is 84.2 Å². The maximum atomic E-state index is 5.04. The van der Waals surface area contributed by atoms with Gasteiger partial charge in [-0.25, -0.2) is 0 Å². The first-order valence-electron chi connectivity index (χ1n) is 15.2. The summed E-state index contributed by atoms with van der Waals surface area (Å²) in [4.78, 5) is 20.0. The van der Waals surface area contributed by atoms with E-state index in [2.05, 4.69) is 128 Å². The van der Waals surface area contributed by atoms with Crippen LogP contribution in [0.4, 0.5) is 0 Å². The zero-order valence-electron chi connectivity index (χ0n) is 26.7. The number of aromatic nitrogens is 2. The van der Waals surface area contributed by atoms with Gasteiger partial charge in [0.2, 0.25) is 0 Å². The molecule has 0 saturated heterocycles. The van der Waals surface area contributed by atoms with Crippen molar-refractivity contribution in [2.75, 3.05) is 0 Å². The molecule has 0 spiro atoms. The first kappa shape index (κ1) is 29.2. The fourth-order valence-electron chi connectivity index (χ4n) is 5.86. The molecule has 2 aliphatic rings. The SMILES string of the molecule is CC1(C)N=C(c2ccc(-c3c4ccccc4c(-c4ccc(C5=NC(C)(C)C(C)(C)S5)nc4)c4ccccc34)cn2)SC1(C)C. The summed E-state index contributed by atoms with van der Waals surface area (Å²) in [5, 5.41) is 6.84. The third kappa shape index (κ3) is 4.60. The zero-order valence-corrected chi connectivity index (χ0v) is 28.3. The van der Waals surface area contributed by atoms with E-state index in [1.54, 1.807) is 0 Å². The predicted octanol–water partition coefficient (Wildman–Crippen LogP) is 10.2. The Hall–Kier alpha value is -3.48. The van der Waals surface area contributed by atoms with E-state index in [0.29, 0.717) is 0 Å². The van der Waals surface area contributed by atoms with Gasteiger partial charge in [-0.15, -0.1) is 0 Å². The maximum absolute atomic E-state index is 5.04. The minimum atomic E-state index is -0.140. The average molecular weight is 615 g/mol. The van der Waals surface area contributed by atoms with Gasteiger partial charge >= 0.3 is 0 Å².